The quantitative estimate of drug-likeness (QED) is 0.572. The van der Waals surface area contributed by atoms with Gasteiger partial charge < -0.3 is 14.2 Å². The molecule has 1 amide bonds. The maximum absolute atomic E-state index is 13.4. The molecular formula is C23H26N2O3S. The average molecular weight is 411 g/mol. The maximum atomic E-state index is 13.4. The second-order valence-corrected chi connectivity index (χ2v) is 8.42. The Morgan fingerprint density at radius 2 is 1.90 bits per heavy atom. The molecule has 0 spiro atoms. The number of piperidine rings is 1. The lowest BCUT2D eigenvalue weighted by Crippen LogP contribution is -2.41. The number of carbonyl (C=O) groups excluding carboxylic acids is 2. The Morgan fingerprint density at radius 3 is 2.59 bits per heavy atom. The van der Waals surface area contributed by atoms with Crippen molar-refractivity contribution >= 4 is 33.4 Å². The second-order valence-electron chi connectivity index (χ2n) is 7.47. The van der Waals surface area contributed by atoms with Crippen molar-refractivity contribution in [2.24, 2.45) is 5.92 Å². The van der Waals surface area contributed by atoms with Crippen LogP contribution in [0.25, 0.3) is 10.2 Å². The SMILES string of the molecule is CCOC(=O)C1CCN(C(=O)c2cc3sccc3n2[C@H](C)c2ccccc2)CC1. The summed E-state index contributed by atoms with van der Waals surface area (Å²) in [7, 11) is 0. The Labute approximate surface area is 174 Å². The molecular weight excluding hydrogens is 384 g/mol. The number of amides is 1. The number of ether oxygens (including phenoxy) is 1. The third-order valence-electron chi connectivity index (χ3n) is 5.75. The summed E-state index contributed by atoms with van der Waals surface area (Å²) in [6, 6.07) is 14.4. The van der Waals surface area contributed by atoms with Crippen LogP contribution in [-0.4, -0.2) is 41.0 Å². The fraction of sp³-hybridized carbons (Fsp3) is 0.391. The van der Waals surface area contributed by atoms with Gasteiger partial charge in [-0.1, -0.05) is 30.3 Å². The molecule has 0 N–H and O–H groups in total. The molecule has 1 aromatic carbocycles. The van der Waals surface area contributed by atoms with Gasteiger partial charge in [-0.3, -0.25) is 9.59 Å². The van der Waals surface area contributed by atoms with E-state index in [9.17, 15) is 9.59 Å². The summed E-state index contributed by atoms with van der Waals surface area (Å²) in [6.45, 7) is 5.53. The molecule has 0 radical (unpaired) electrons. The summed E-state index contributed by atoms with van der Waals surface area (Å²) >= 11 is 1.66. The van der Waals surface area contributed by atoms with E-state index >= 15 is 0 Å². The lowest BCUT2D eigenvalue weighted by Gasteiger charge is -2.31. The van der Waals surface area contributed by atoms with E-state index in [1.54, 1.807) is 11.3 Å². The van der Waals surface area contributed by atoms with Crippen molar-refractivity contribution in [2.45, 2.75) is 32.7 Å². The Kier molecular flexibility index (Phi) is 5.72. The highest BCUT2D eigenvalue weighted by atomic mass is 32.1. The van der Waals surface area contributed by atoms with E-state index in [1.165, 1.54) is 5.56 Å². The van der Waals surface area contributed by atoms with Crippen molar-refractivity contribution in [1.29, 1.82) is 0 Å². The van der Waals surface area contributed by atoms with Gasteiger partial charge in [0.25, 0.3) is 5.91 Å². The number of thiophene rings is 1. The van der Waals surface area contributed by atoms with E-state index < -0.39 is 0 Å². The minimum absolute atomic E-state index is 0.0403. The van der Waals surface area contributed by atoms with Gasteiger partial charge in [0.05, 0.1) is 28.8 Å². The topological polar surface area (TPSA) is 51.5 Å². The van der Waals surface area contributed by atoms with Gasteiger partial charge in [-0.15, -0.1) is 11.3 Å². The molecule has 1 aliphatic heterocycles. The first-order chi connectivity index (χ1) is 14.1. The average Bonchev–Trinajstić information content (AvgIpc) is 3.35. The van der Waals surface area contributed by atoms with Crippen molar-refractivity contribution in [2.75, 3.05) is 19.7 Å². The van der Waals surface area contributed by atoms with Crippen LogP contribution in [0.3, 0.4) is 0 Å². The van der Waals surface area contributed by atoms with E-state index in [0.29, 0.717) is 32.5 Å². The number of aromatic nitrogens is 1. The number of nitrogens with zero attached hydrogens (tertiary/aromatic N) is 2. The first kappa shape index (κ1) is 19.7. The summed E-state index contributed by atoms with van der Waals surface area (Å²) in [5, 5.41) is 2.07. The molecule has 3 heterocycles. The molecule has 4 rings (SSSR count). The van der Waals surface area contributed by atoms with E-state index in [1.807, 2.05) is 36.1 Å². The smallest absolute Gasteiger partial charge is 0.309 e. The Bertz CT molecular complexity index is 1000. The van der Waals surface area contributed by atoms with Crippen molar-refractivity contribution < 1.29 is 14.3 Å². The van der Waals surface area contributed by atoms with Crippen LogP contribution in [0.1, 0.15) is 48.8 Å². The van der Waals surface area contributed by atoms with E-state index in [0.717, 1.165) is 15.9 Å². The minimum Gasteiger partial charge on any atom is -0.466 e. The molecule has 29 heavy (non-hydrogen) atoms. The van der Waals surface area contributed by atoms with Gasteiger partial charge in [0.1, 0.15) is 5.69 Å². The van der Waals surface area contributed by atoms with Crippen LogP contribution in [-0.2, 0) is 9.53 Å². The summed E-state index contributed by atoms with van der Waals surface area (Å²) in [5.41, 5.74) is 2.99. The van der Waals surface area contributed by atoms with Crippen molar-refractivity contribution in [3.8, 4) is 0 Å². The van der Waals surface area contributed by atoms with Crippen LogP contribution in [0, 0.1) is 5.92 Å². The summed E-state index contributed by atoms with van der Waals surface area (Å²) in [4.78, 5) is 27.3. The lowest BCUT2D eigenvalue weighted by molar-refractivity contribution is -0.149. The second kappa shape index (κ2) is 8.41. The fourth-order valence-electron chi connectivity index (χ4n) is 4.15. The van der Waals surface area contributed by atoms with Gasteiger partial charge in [0.15, 0.2) is 0 Å². The van der Waals surface area contributed by atoms with Crippen molar-refractivity contribution in [3.63, 3.8) is 0 Å². The molecule has 1 atom stereocenters. The number of fused-ring (bicyclic) bond motifs is 1. The number of esters is 1. The van der Waals surface area contributed by atoms with Crippen molar-refractivity contribution in [1.82, 2.24) is 9.47 Å². The van der Waals surface area contributed by atoms with Gasteiger partial charge in [-0.2, -0.15) is 0 Å². The molecule has 0 saturated carbocycles. The normalized spacial score (nSPS) is 16.1. The monoisotopic (exact) mass is 410 g/mol. The molecule has 6 heteroatoms. The summed E-state index contributed by atoms with van der Waals surface area (Å²) in [5.74, 6) is -0.197. The minimum atomic E-state index is -0.138. The van der Waals surface area contributed by atoms with Crippen LogP contribution in [0.15, 0.2) is 47.8 Å². The van der Waals surface area contributed by atoms with Gasteiger partial charge in [0.2, 0.25) is 0 Å². The number of hydrogen-bond donors (Lipinski definition) is 0. The fourth-order valence-corrected chi connectivity index (χ4v) is 4.96. The van der Waals surface area contributed by atoms with Crippen LogP contribution in [0.5, 0.6) is 0 Å². The molecule has 152 valence electrons. The highest BCUT2D eigenvalue weighted by Crippen LogP contribution is 2.32. The van der Waals surface area contributed by atoms with Crippen LogP contribution >= 0.6 is 11.3 Å². The third-order valence-corrected chi connectivity index (χ3v) is 6.60. The van der Waals surface area contributed by atoms with Gasteiger partial charge >= 0.3 is 5.97 Å². The van der Waals surface area contributed by atoms with E-state index in [4.69, 9.17) is 4.74 Å². The van der Waals surface area contributed by atoms with Crippen LogP contribution in [0.2, 0.25) is 0 Å². The van der Waals surface area contributed by atoms with Crippen LogP contribution < -0.4 is 0 Å². The molecule has 1 aliphatic rings. The first-order valence-electron chi connectivity index (χ1n) is 10.2. The maximum Gasteiger partial charge on any atom is 0.309 e. The largest absolute Gasteiger partial charge is 0.466 e. The third kappa shape index (κ3) is 3.81. The zero-order valence-electron chi connectivity index (χ0n) is 16.8. The Morgan fingerprint density at radius 1 is 1.17 bits per heavy atom. The van der Waals surface area contributed by atoms with E-state index in [2.05, 4.69) is 35.1 Å². The number of likely N-dealkylation sites (tertiary alicyclic amines) is 1. The van der Waals surface area contributed by atoms with E-state index in [-0.39, 0.29) is 23.8 Å². The molecule has 1 fully saturated rings. The molecule has 2 aromatic heterocycles. The zero-order chi connectivity index (χ0) is 20.4. The van der Waals surface area contributed by atoms with Crippen molar-refractivity contribution in [3.05, 3.63) is 59.1 Å². The first-order valence-corrected chi connectivity index (χ1v) is 11.1. The Balaban J connectivity index is 1.59. The predicted octanol–water partition coefficient (Wildman–Crippen LogP) is 4.73. The van der Waals surface area contributed by atoms with Gasteiger partial charge in [-0.05, 0) is 49.8 Å². The number of carbonyl (C=O) groups is 2. The molecule has 0 aliphatic carbocycles. The molecule has 3 aromatic rings. The Hall–Kier alpha value is -2.60. The number of benzene rings is 1. The standard InChI is InChI=1S/C23H26N2O3S/c1-3-28-23(27)18-9-12-24(13-10-18)22(26)20-15-21-19(11-14-29-21)25(20)16(2)17-7-5-4-6-8-17/h4-8,11,14-16,18H,3,9-10,12-13H2,1-2H3/t16-/m1/s1. The van der Waals surface area contributed by atoms with Crippen LogP contribution in [0.4, 0.5) is 0 Å². The molecule has 0 unspecified atom stereocenters. The van der Waals surface area contributed by atoms with Gasteiger partial charge in [0, 0.05) is 13.1 Å². The molecule has 5 nitrogen and oxygen atoms in total. The summed E-state index contributed by atoms with van der Waals surface area (Å²) in [6.07, 6.45) is 1.32. The summed E-state index contributed by atoms with van der Waals surface area (Å²) < 4.78 is 8.42. The zero-order valence-corrected chi connectivity index (χ0v) is 17.7. The predicted molar refractivity (Wildman–Crippen MR) is 115 cm³/mol. The highest BCUT2D eigenvalue weighted by Gasteiger charge is 2.31. The highest BCUT2D eigenvalue weighted by molar-refractivity contribution is 7.17. The molecule has 0 bridgehead atoms. The number of rotatable bonds is 5. The number of hydrogen-bond acceptors (Lipinski definition) is 4. The lowest BCUT2D eigenvalue weighted by atomic mass is 9.97. The van der Waals surface area contributed by atoms with Gasteiger partial charge in [-0.25, -0.2) is 0 Å². The molecule has 1 saturated heterocycles.